The molecular formula is C26H35N5. The number of anilines is 2. The summed E-state index contributed by atoms with van der Waals surface area (Å²) in [7, 11) is 0. The summed E-state index contributed by atoms with van der Waals surface area (Å²) in [6.45, 7) is 14.4. The molecule has 0 aliphatic carbocycles. The molecule has 2 aliphatic heterocycles. The van der Waals surface area contributed by atoms with E-state index in [0.29, 0.717) is 0 Å². The number of aliphatic imine (C=N–C) groups is 1. The van der Waals surface area contributed by atoms with Crippen molar-refractivity contribution in [2.45, 2.75) is 13.8 Å². The molecular weight excluding hydrogens is 382 g/mol. The average Bonchev–Trinajstić information content (AvgIpc) is 2.84. The van der Waals surface area contributed by atoms with Gasteiger partial charge in [-0.1, -0.05) is 38.1 Å². The maximum atomic E-state index is 4.48. The molecule has 2 heterocycles. The maximum absolute atomic E-state index is 4.48. The molecule has 0 amide bonds. The third kappa shape index (κ3) is 5.54. The molecule has 2 aromatic carbocycles. The van der Waals surface area contributed by atoms with Gasteiger partial charge in [-0.2, -0.15) is 0 Å². The van der Waals surface area contributed by atoms with Crippen LogP contribution in [0.15, 0.2) is 59.7 Å². The summed E-state index contributed by atoms with van der Waals surface area (Å²) in [6, 6.07) is 17.3. The summed E-state index contributed by atoms with van der Waals surface area (Å²) in [5, 5.41) is 3.46. The zero-order valence-electron chi connectivity index (χ0n) is 18.9. The minimum Gasteiger partial charge on any atom is -0.369 e. The molecule has 0 spiro atoms. The van der Waals surface area contributed by atoms with E-state index in [1.54, 1.807) is 0 Å². The lowest BCUT2D eigenvalue weighted by Gasteiger charge is -2.37. The SMILES string of the molecule is CCN(CC)CCN1CCN(c2ccc(NC=C3CN=Cc4ccccc43)cc2)CC1. The van der Waals surface area contributed by atoms with Crippen LogP contribution in [0.4, 0.5) is 11.4 Å². The summed E-state index contributed by atoms with van der Waals surface area (Å²) in [6.07, 6.45) is 4.06. The largest absolute Gasteiger partial charge is 0.369 e. The first-order valence-corrected chi connectivity index (χ1v) is 11.6. The van der Waals surface area contributed by atoms with E-state index in [2.05, 4.69) is 93.6 Å². The van der Waals surface area contributed by atoms with Crippen LogP contribution >= 0.6 is 0 Å². The average molecular weight is 418 g/mol. The van der Waals surface area contributed by atoms with Crippen molar-refractivity contribution >= 4 is 23.2 Å². The Morgan fingerprint density at radius 3 is 2.45 bits per heavy atom. The molecule has 0 unspecified atom stereocenters. The van der Waals surface area contributed by atoms with Gasteiger partial charge in [-0.15, -0.1) is 0 Å². The number of nitrogens with one attached hydrogen (secondary N) is 1. The van der Waals surface area contributed by atoms with Crippen LogP contribution < -0.4 is 10.2 Å². The summed E-state index contributed by atoms with van der Waals surface area (Å²) < 4.78 is 0. The molecule has 1 fully saturated rings. The van der Waals surface area contributed by atoms with Gasteiger partial charge in [0.1, 0.15) is 0 Å². The third-order valence-electron chi connectivity index (χ3n) is 6.44. The highest BCUT2D eigenvalue weighted by Gasteiger charge is 2.17. The van der Waals surface area contributed by atoms with E-state index < -0.39 is 0 Å². The van der Waals surface area contributed by atoms with Crippen molar-refractivity contribution in [1.82, 2.24) is 9.80 Å². The highest BCUT2D eigenvalue weighted by Crippen LogP contribution is 2.24. The van der Waals surface area contributed by atoms with E-state index in [0.717, 1.165) is 51.5 Å². The van der Waals surface area contributed by atoms with Gasteiger partial charge in [-0.3, -0.25) is 9.89 Å². The Morgan fingerprint density at radius 1 is 0.968 bits per heavy atom. The molecule has 164 valence electrons. The number of likely N-dealkylation sites (N-methyl/N-ethyl adjacent to an activating group) is 1. The Hall–Kier alpha value is -2.63. The second-order valence-corrected chi connectivity index (χ2v) is 8.27. The smallest absolute Gasteiger partial charge is 0.0660 e. The van der Waals surface area contributed by atoms with Crippen LogP contribution in [0.3, 0.4) is 0 Å². The van der Waals surface area contributed by atoms with Crippen LogP contribution in [0.5, 0.6) is 0 Å². The van der Waals surface area contributed by atoms with Gasteiger partial charge in [0.05, 0.1) is 6.54 Å². The quantitative estimate of drug-likeness (QED) is 0.703. The Balaban J connectivity index is 1.29. The Morgan fingerprint density at radius 2 is 1.71 bits per heavy atom. The summed E-state index contributed by atoms with van der Waals surface area (Å²) in [4.78, 5) is 12.1. The first-order valence-electron chi connectivity index (χ1n) is 11.6. The molecule has 0 saturated carbocycles. The van der Waals surface area contributed by atoms with Crippen molar-refractivity contribution < 1.29 is 0 Å². The monoisotopic (exact) mass is 417 g/mol. The lowest BCUT2D eigenvalue weighted by Crippen LogP contribution is -2.48. The highest BCUT2D eigenvalue weighted by atomic mass is 15.3. The lowest BCUT2D eigenvalue weighted by molar-refractivity contribution is 0.206. The molecule has 5 heteroatoms. The number of fused-ring (bicyclic) bond motifs is 1. The van der Waals surface area contributed by atoms with E-state index >= 15 is 0 Å². The molecule has 1 N–H and O–H groups in total. The fourth-order valence-electron chi connectivity index (χ4n) is 4.34. The lowest BCUT2D eigenvalue weighted by atomic mass is 9.99. The molecule has 1 saturated heterocycles. The minimum atomic E-state index is 0.723. The van der Waals surface area contributed by atoms with E-state index in [-0.39, 0.29) is 0 Å². The van der Waals surface area contributed by atoms with Crippen molar-refractivity contribution in [1.29, 1.82) is 0 Å². The Labute approximate surface area is 187 Å². The molecule has 4 rings (SSSR count). The number of nitrogens with zero attached hydrogens (tertiary/aromatic N) is 4. The molecule has 0 bridgehead atoms. The van der Waals surface area contributed by atoms with Crippen LogP contribution in [0.2, 0.25) is 0 Å². The number of piperazine rings is 1. The predicted octanol–water partition coefficient (Wildman–Crippen LogP) is 4.04. The molecule has 2 aliphatic rings. The van der Waals surface area contributed by atoms with Crippen molar-refractivity contribution in [3.63, 3.8) is 0 Å². The topological polar surface area (TPSA) is 34.1 Å². The standard InChI is InChI=1S/C26H35N5/c1-3-29(4-2)13-14-30-15-17-31(18-16-30)25-11-9-24(10-12-25)28-21-23-20-27-19-22-7-5-6-8-26(22)23/h5-12,19,21,28H,3-4,13-18,20H2,1-2H3. The molecule has 5 nitrogen and oxygen atoms in total. The molecule has 0 radical (unpaired) electrons. The van der Waals surface area contributed by atoms with Gasteiger partial charge in [0, 0.05) is 63.1 Å². The maximum Gasteiger partial charge on any atom is 0.0660 e. The van der Waals surface area contributed by atoms with Gasteiger partial charge in [0.25, 0.3) is 0 Å². The van der Waals surface area contributed by atoms with Gasteiger partial charge < -0.3 is 15.1 Å². The van der Waals surface area contributed by atoms with Gasteiger partial charge in [-0.05, 0) is 54.1 Å². The second kappa shape index (κ2) is 10.6. The van der Waals surface area contributed by atoms with E-state index in [1.165, 1.54) is 35.5 Å². The summed E-state index contributed by atoms with van der Waals surface area (Å²) in [5.41, 5.74) is 6.10. The first-order chi connectivity index (χ1) is 15.3. The third-order valence-corrected chi connectivity index (χ3v) is 6.44. The zero-order valence-corrected chi connectivity index (χ0v) is 18.9. The second-order valence-electron chi connectivity index (χ2n) is 8.27. The van der Waals surface area contributed by atoms with Crippen molar-refractivity contribution in [2.24, 2.45) is 4.99 Å². The molecule has 2 aromatic rings. The van der Waals surface area contributed by atoms with Crippen molar-refractivity contribution in [3.8, 4) is 0 Å². The number of rotatable bonds is 8. The number of benzene rings is 2. The van der Waals surface area contributed by atoms with Crippen LogP contribution in [-0.4, -0.2) is 74.9 Å². The minimum absolute atomic E-state index is 0.723. The van der Waals surface area contributed by atoms with E-state index in [9.17, 15) is 0 Å². The number of hydrogen-bond donors (Lipinski definition) is 1. The van der Waals surface area contributed by atoms with E-state index in [1.807, 2.05) is 6.21 Å². The normalized spacial score (nSPS) is 17.9. The Kier molecular flexibility index (Phi) is 7.39. The van der Waals surface area contributed by atoms with Gasteiger partial charge >= 0.3 is 0 Å². The fraction of sp³-hybridized carbons (Fsp3) is 0.423. The van der Waals surface area contributed by atoms with Crippen LogP contribution in [-0.2, 0) is 0 Å². The predicted molar refractivity (Wildman–Crippen MR) is 133 cm³/mol. The summed E-state index contributed by atoms with van der Waals surface area (Å²) >= 11 is 0. The van der Waals surface area contributed by atoms with Crippen LogP contribution in [0.25, 0.3) is 5.57 Å². The van der Waals surface area contributed by atoms with Crippen LogP contribution in [0.1, 0.15) is 25.0 Å². The van der Waals surface area contributed by atoms with Crippen LogP contribution in [0, 0.1) is 0 Å². The Bertz CT molecular complexity index is 890. The fourth-order valence-corrected chi connectivity index (χ4v) is 4.34. The van der Waals surface area contributed by atoms with Gasteiger partial charge in [0.15, 0.2) is 0 Å². The molecule has 0 aromatic heterocycles. The summed E-state index contributed by atoms with van der Waals surface area (Å²) in [5.74, 6) is 0. The number of hydrogen-bond acceptors (Lipinski definition) is 5. The van der Waals surface area contributed by atoms with Gasteiger partial charge in [0.2, 0.25) is 0 Å². The molecule has 0 atom stereocenters. The van der Waals surface area contributed by atoms with Crippen molar-refractivity contribution in [3.05, 3.63) is 65.9 Å². The first kappa shape index (κ1) is 21.6. The zero-order chi connectivity index (χ0) is 21.5. The van der Waals surface area contributed by atoms with Crippen molar-refractivity contribution in [2.75, 3.05) is 69.1 Å². The van der Waals surface area contributed by atoms with E-state index in [4.69, 9.17) is 0 Å². The van der Waals surface area contributed by atoms with Gasteiger partial charge in [-0.25, -0.2) is 0 Å². The highest BCUT2D eigenvalue weighted by molar-refractivity contribution is 5.92. The molecule has 31 heavy (non-hydrogen) atoms.